The van der Waals surface area contributed by atoms with E-state index in [0.29, 0.717) is 11.4 Å². The van der Waals surface area contributed by atoms with E-state index in [4.69, 9.17) is 9.47 Å². The molecule has 8 nitrogen and oxygen atoms in total. The fraction of sp³-hybridized carbons (Fsp3) is 0.125. The third-order valence-corrected chi connectivity index (χ3v) is 4.63. The van der Waals surface area contributed by atoms with Gasteiger partial charge in [0.25, 0.3) is 5.56 Å². The Balaban J connectivity index is 1.56. The Bertz CT molecular complexity index is 1370. The Morgan fingerprint density at radius 1 is 0.971 bits per heavy atom. The summed E-state index contributed by atoms with van der Waals surface area (Å²) < 4.78 is 38.0. The zero-order valence-corrected chi connectivity index (χ0v) is 17.9. The summed E-state index contributed by atoms with van der Waals surface area (Å²) in [6.07, 6.45) is 1.85. The third-order valence-electron chi connectivity index (χ3n) is 4.63. The highest BCUT2D eigenvalue weighted by molar-refractivity contribution is 5.64. The lowest BCUT2D eigenvalue weighted by molar-refractivity contribution is 0.104. The van der Waals surface area contributed by atoms with Crippen LogP contribution in [0.2, 0.25) is 0 Å². The van der Waals surface area contributed by atoms with Gasteiger partial charge in [-0.3, -0.25) is 4.79 Å². The molecule has 0 N–H and O–H groups in total. The number of carbonyl (C=O) groups is 1. The van der Waals surface area contributed by atoms with Crippen LogP contribution in [-0.4, -0.2) is 32.5 Å². The number of aromatic nitrogens is 4. The summed E-state index contributed by atoms with van der Waals surface area (Å²) >= 11 is 0. The fourth-order valence-electron chi connectivity index (χ4n) is 3.16. The molecular weight excluding hydrogens is 446 g/mol. The Hall–Kier alpha value is -4.47. The van der Waals surface area contributed by atoms with Crippen molar-refractivity contribution in [2.24, 2.45) is 0 Å². The van der Waals surface area contributed by atoms with Gasteiger partial charge in [0.2, 0.25) is 0 Å². The predicted molar refractivity (Wildman–Crippen MR) is 118 cm³/mol. The number of rotatable bonds is 6. The summed E-state index contributed by atoms with van der Waals surface area (Å²) in [7, 11) is 0. The Morgan fingerprint density at radius 2 is 1.71 bits per heavy atom. The van der Waals surface area contributed by atoms with E-state index in [1.165, 1.54) is 29.2 Å². The molecule has 0 atom stereocenters. The third kappa shape index (κ3) is 5.47. The molecule has 0 spiro atoms. The lowest BCUT2D eigenvalue weighted by atomic mass is 10.1. The van der Waals surface area contributed by atoms with Gasteiger partial charge in [-0.05, 0) is 36.8 Å². The van der Waals surface area contributed by atoms with Crippen LogP contribution >= 0.6 is 0 Å². The van der Waals surface area contributed by atoms with Crippen LogP contribution in [-0.2, 0) is 11.3 Å². The summed E-state index contributed by atoms with van der Waals surface area (Å²) in [6.45, 7) is 1.96. The molecule has 0 aliphatic heterocycles. The van der Waals surface area contributed by atoms with Crippen LogP contribution in [0.5, 0.6) is 5.75 Å². The Morgan fingerprint density at radius 3 is 2.41 bits per heavy atom. The monoisotopic (exact) mass is 464 g/mol. The van der Waals surface area contributed by atoms with Gasteiger partial charge in [0.15, 0.2) is 11.6 Å². The van der Waals surface area contributed by atoms with Crippen molar-refractivity contribution in [1.29, 1.82) is 0 Å². The van der Waals surface area contributed by atoms with Crippen molar-refractivity contribution in [2.45, 2.75) is 13.5 Å². The van der Waals surface area contributed by atoms with E-state index in [2.05, 4.69) is 15.1 Å². The van der Waals surface area contributed by atoms with Crippen LogP contribution in [0.1, 0.15) is 12.5 Å². The zero-order valence-electron chi connectivity index (χ0n) is 17.9. The highest BCUT2D eigenvalue weighted by atomic mass is 19.1. The first-order valence-electron chi connectivity index (χ1n) is 10.2. The molecule has 0 aliphatic carbocycles. The van der Waals surface area contributed by atoms with Gasteiger partial charge in [-0.1, -0.05) is 18.2 Å². The minimum Gasteiger partial charge on any atom is -0.434 e. The minimum atomic E-state index is -0.845. The molecule has 2 aromatic heterocycles. The van der Waals surface area contributed by atoms with Crippen LogP contribution in [0.4, 0.5) is 13.6 Å². The van der Waals surface area contributed by atoms with Crippen LogP contribution < -0.4 is 10.3 Å². The maximum atomic E-state index is 13.6. The van der Waals surface area contributed by atoms with Gasteiger partial charge in [-0.15, -0.1) is 0 Å². The lowest BCUT2D eigenvalue weighted by Crippen LogP contribution is -2.22. The highest BCUT2D eigenvalue weighted by Gasteiger charge is 2.10. The van der Waals surface area contributed by atoms with E-state index < -0.39 is 17.8 Å². The molecule has 2 heterocycles. The van der Waals surface area contributed by atoms with Crippen LogP contribution in [0.25, 0.3) is 22.6 Å². The molecule has 4 aromatic rings. The molecule has 0 saturated carbocycles. The number of benzene rings is 2. The first kappa shape index (κ1) is 22.7. The van der Waals surface area contributed by atoms with Crippen molar-refractivity contribution < 1.29 is 23.0 Å². The Labute approximate surface area is 192 Å². The summed E-state index contributed by atoms with van der Waals surface area (Å²) in [5, 5.41) is 4.26. The number of halogens is 2. The van der Waals surface area contributed by atoms with Crippen molar-refractivity contribution in [3.8, 4) is 28.4 Å². The molecule has 0 bridgehead atoms. The maximum absolute atomic E-state index is 13.6. The molecule has 0 fully saturated rings. The minimum absolute atomic E-state index is 0.113. The van der Waals surface area contributed by atoms with Crippen molar-refractivity contribution >= 4 is 6.16 Å². The molecule has 34 heavy (non-hydrogen) atoms. The molecular formula is C24H18F2N4O4. The molecule has 0 radical (unpaired) electrons. The normalized spacial score (nSPS) is 10.7. The fourth-order valence-corrected chi connectivity index (χ4v) is 3.16. The van der Waals surface area contributed by atoms with Gasteiger partial charge in [-0.25, -0.2) is 28.2 Å². The van der Waals surface area contributed by atoms with Gasteiger partial charge in [-0.2, -0.15) is 5.10 Å². The molecule has 4 rings (SSSR count). The summed E-state index contributed by atoms with van der Waals surface area (Å²) in [6, 6.07) is 12.9. The van der Waals surface area contributed by atoms with Crippen LogP contribution in [0.3, 0.4) is 0 Å². The van der Waals surface area contributed by atoms with Gasteiger partial charge in [0, 0.05) is 23.3 Å². The van der Waals surface area contributed by atoms with E-state index >= 15 is 0 Å². The quantitative estimate of drug-likeness (QED) is 0.394. The first-order chi connectivity index (χ1) is 16.4. The summed E-state index contributed by atoms with van der Waals surface area (Å²) in [4.78, 5) is 32.1. The van der Waals surface area contributed by atoms with Crippen LogP contribution in [0, 0.1) is 11.6 Å². The maximum Gasteiger partial charge on any atom is 0.513 e. The number of carbonyl (C=O) groups excluding carboxylic acids is 1. The van der Waals surface area contributed by atoms with Crippen molar-refractivity contribution in [2.75, 3.05) is 6.61 Å². The largest absolute Gasteiger partial charge is 0.513 e. The Kier molecular flexibility index (Phi) is 6.67. The molecule has 0 unspecified atom stereocenters. The first-order valence-corrected chi connectivity index (χ1v) is 10.2. The summed E-state index contributed by atoms with van der Waals surface area (Å²) in [5.74, 6) is -0.955. The standard InChI is InChI=1S/C24H18F2N4O4/c1-2-33-24(32)34-20-12-27-23(28-13-20)16-5-3-4-15(8-16)14-30-22(31)7-6-21(29-30)17-9-18(25)11-19(26)10-17/h3-13H,2,14H2,1H3. The van der Waals surface area contributed by atoms with E-state index in [0.717, 1.165) is 23.8 Å². The smallest absolute Gasteiger partial charge is 0.434 e. The van der Waals surface area contributed by atoms with Crippen molar-refractivity contribution in [1.82, 2.24) is 19.7 Å². The number of hydrogen-bond acceptors (Lipinski definition) is 7. The van der Waals surface area contributed by atoms with Gasteiger partial charge in [0.1, 0.15) is 11.6 Å². The number of ether oxygens (including phenoxy) is 2. The second kappa shape index (κ2) is 9.99. The van der Waals surface area contributed by atoms with Gasteiger partial charge < -0.3 is 9.47 Å². The summed E-state index contributed by atoms with van der Waals surface area (Å²) in [5.41, 5.74) is 1.50. The zero-order chi connectivity index (χ0) is 24.1. The lowest BCUT2D eigenvalue weighted by Gasteiger charge is -2.09. The SMILES string of the molecule is CCOC(=O)Oc1cnc(-c2cccc(Cn3nc(-c4cc(F)cc(F)c4)ccc3=O)c2)nc1. The molecule has 0 saturated heterocycles. The highest BCUT2D eigenvalue weighted by Crippen LogP contribution is 2.20. The van der Waals surface area contributed by atoms with E-state index in [9.17, 15) is 18.4 Å². The average molecular weight is 464 g/mol. The molecule has 0 aliphatic rings. The van der Waals surface area contributed by atoms with Crippen molar-refractivity contribution in [3.05, 3.63) is 94.5 Å². The number of nitrogens with zero attached hydrogens (tertiary/aromatic N) is 4. The van der Waals surface area contributed by atoms with E-state index in [1.54, 1.807) is 31.2 Å². The van der Waals surface area contributed by atoms with Gasteiger partial charge >= 0.3 is 6.16 Å². The molecule has 172 valence electrons. The second-order valence-electron chi connectivity index (χ2n) is 7.10. The molecule has 0 amide bonds. The van der Waals surface area contributed by atoms with Crippen molar-refractivity contribution in [3.63, 3.8) is 0 Å². The average Bonchev–Trinajstić information content (AvgIpc) is 2.81. The van der Waals surface area contributed by atoms with E-state index in [-0.39, 0.29) is 35.7 Å². The molecule has 2 aromatic carbocycles. The second-order valence-corrected chi connectivity index (χ2v) is 7.10. The van der Waals surface area contributed by atoms with E-state index in [1.807, 2.05) is 0 Å². The number of hydrogen-bond donors (Lipinski definition) is 0. The van der Waals surface area contributed by atoms with Gasteiger partial charge in [0.05, 0.1) is 31.2 Å². The predicted octanol–water partition coefficient (Wildman–Crippen LogP) is 4.23. The topological polar surface area (TPSA) is 96.2 Å². The van der Waals surface area contributed by atoms with Crippen LogP contribution in [0.15, 0.2) is 71.8 Å². The molecule has 10 heteroatoms.